The molecule has 38 heavy (non-hydrogen) atoms. The lowest BCUT2D eigenvalue weighted by Crippen LogP contribution is -2.29. The lowest BCUT2D eigenvalue weighted by Gasteiger charge is -2.23. The zero-order valence-corrected chi connectivity index (χ0v) is 21.9. The van der Waals surface area contributed by atoms with Gasteiger partial charge in [0.15, 0.2) is 12.4 Å². The second-order valence-corrected chi connectivity index (χ2v) is 10.6. The Bertz CT molecular complexity index is 1520. The van der Waals surface area contributed by atoms with Crippen LogP contribution in [0.15, 0.2) is 97.1 Å². The van der Waals surface area contributed by atoms with Crippen LogP contribution in [0.5, 0.6) is 17.2 Å². The summed E-state index contributed by atoms with van der Waals surface area (Å²) in [5.41, 5.74) is 0.947. The van der Waals surface area contributed by atoms with E-state index in [9.17, 15) is 17.6 Å². The molecule has 4 aromatic rings. The van der Waals surface area contributed by atoms with Gasteiger partial charge in [-0.25, -0.2) is 12.8 Å². The molecule has 0 unspecified atom stereocenters. The van der Waals surface area contributed by atoms with Gasteiger partial charge in [0.25, 0.3) is 5.91 Å². The summed E-state index contributed by atoms with van der Waals surface area (Å²) >= 11 is 6.10. The molecule has 1 N–H and O–H groups in total. The van der Waals surface area contributed by atoms with Crippen LogP contribution < -0.4 is 19.1 Å². The molecule has 0 spiro atoms. The number of carbonyl (C=O) groups is 1. The number of halogens is 2. The smallest absolute Gasteiger partial charge is 0.262 e. The molecule has 7 nitrogen and oxygen atoms in total. The summed E-state index contributed by atoms with van der Waals surface area (Å²) in [4.78, 5) is 12.6. The minimum Gasteiger partial charge on any atom is -0.484 e. The fourth-order valence-electron chi connectivity index (χ4n) is 3.53. The second-order valence-electron chi connectivity index (χ2n) is 8.25. The van der Waals surface area contributed by atoms with Gasteiger partial charge in [0, 0.05) is 10.6 Å². The van der Waals surface area contributed by atoms with Gasteiger partial charge in [0.2, 0.25) is 10.0 Å². The average molecular weight is 555 g/mol. The normalized spacial score (nSPS) is 11.0. The maximum atomic E-state index is 14.1. The third-order valence-corrected chi connectivity index (χ3v) is 6.73. The number of hydrogen-bond acceptors (Lipinski definition) is 5. The van der Waals surface area contributed by atoms with Crippen LogP contribution >= 0.6 is 11.6 Å². The van der Waals surface area contributed by atoms with Crippen LogP contribution in [0.4, 0.5) is 15.8 Å². The van der Waals surface area contributed by atoms with Gasteiger partial charge in [-0.05, 0) is 60.7 Å². The molecule has 0 radical (unpaired) electrons. The number of hydrogen-bond donors (Lipinski definition) is 1. The van der Waals surface area contributed by atoms with Crippen molar-refractivity contribution in [1.82, 2.24) is 0 Å². The van der Waals surface area contributed by atoms with Gasteiger partial charge in [-0.15, -0.1) is 0 Å². The van der Waals surface area contributed by atoms with Crippen LogP contribution in [-0.2, 0) is 21.4 Å². The lowest BCUT2D eigenvalue weighted by atomic mass is 10.2. The number of benzene rings is 4. The van der Waals surface area contributed by atoms with E-state index in [1.54, 1.807) is 36.4 Å². The van der Waals surface area contributed by atoms with Gasteiger partial charge in [-0.2, -0.15) is 0 Å². The minimum atomic E-state index is -3.70. The van der Waals surface area contributed by atoms with E-state index in [4.69, 9.17) is 21.1 Å². The van der Waals surface area contributed by atoms with Crippen LogP contribution in [0.1, 0.15) is 5.56 Å². The number of anilines is 2. The molecule has 10 heteroatoms. The van der Waals surface area contributed by atoms with E-state index in [0.29, 0.717) is 33.6 Å². The molecule has 0 saturated heterocycles. The number of carbonyl (C=O) groups excluding carboxylic acids is 1. The largest absolute Gasteiger partial charge is 0.484 e. The lowest BCUT2D eigenvalue weighted by molar-refractivity contribution is -0.118. The van der Waals surface area contributed by atoms with Gasteiger partial charge in [0.1, 0.15) is 17.3 Å². The molecule has 0 heterocycles. The highest BCUT2D eigenvalue weighted by molar-refractivity contribution is 7.92. The van der Waals surface area contributed by atoms with E-state index in [-0.39, 0.29) is 18.7 Å². The highest BCUT2D eigenvalue weighted by atomic mass is 35.5. The minimum absolute atomic E-state index is 0.166. The predicted octanol–water partition coefficient (Wildman–Crippen LogP) is 6.26. The quantitative estimate of drug-likeness (QED) is 0.250. The molecule has 0 fully saturated rings. The summed E-state index contributed by atoms with van der Waals surface area (Å²) in [5, 5.41) is 3.15. The van der Waals surface area contributed by atoms with Gasteiger partial charge in [-0.1, -0.05) is 48.0 Å². The van der Waals surface area contributed by atoms with Gasteiger partial charge < -0.3 is 14.8 Å². The van der Waals surface area contributed by atoms with E-state index < -0.39 is 21.7 Å². The van der Waals surface area contributed by atoms with E-state index in [2.05, 4.69) is 5.32 Å². The van der Waals surface area contributed by atoms with E-state index in [1.165, 1.54) is 42.5 Å². The predicted molar refractivity (Wildman–Crippen MR) is 146 cm³/mol. The molecule has 0 aliphatic heterocycles. The van der Waals surface area contributed by atoms with Crippen molar-refractivity contribution in [1.29, 1.82) is 0 Å². The van der Waals surface area contributed by atoms with Crippen molar-refractivity contribution in [2.45, 2.75) is 6.54 Å². The number of rotatable bonds is 10. The van der Waals surface area contributed by atoms with Gasteiger partial charge in [0.05, 0.1) is 24.2 Å². The van der Waals surface area contributed by atoms with E-state index in [0.717, 1.165) is 10.6 Å². The maximum absolute atomic E-state index is 14.1. The molecule has 0 atom stereocenters. The Balaban J connectivity index is 1.41. The SMILES string of the molecule is CS(=O)(=O)N(Cc1ccccc1F)c1ccc(OCC(=O)Nc2cc(Cl)ccc2Oc2ccccc2)cc1. The van der Waals surface area contributed by atoms with E-state index >= 15 is 0 Å². The Morgan fingerprint density at radius 1 is 0.921 bits per heavy atom. The first kappa shape index (κ1) is 27.0. The molecule has 1 amide bonds. The maximum Gasteiger partial charge on any atom is 0.262 e. The van der Waals surface area contributed by atoms with E-state index in [1.807, 2.05) is 18.2 Å². The monoisotopic (exact) mass is 554 g/mol. The number of sulfonamides is 1. The summed E-state index contributed by atoms with van der Waals surface area (Å²) in [7, 11) is -3.70. The topological polar surface area (TPSA) is 84.9 Å². The number of para-hydroxylation sites is 1. The summed E-state index contributed by atoms with van der Waals surface area (Å²) in [6.45, 7) is -0.483. The highest BCUT2D eigenvalue weighted by Gasteiger charge is 2.19. The Morgan fingerprint density at radius 2 is 1.61 bits per heavy atom. The molecular formula is C28H24ClFN2O5S. The van der Waals surface area contributed by atoms with Gasteiger partial charge >= 0.3 is 0 Å². The van der Waals surface area contributed by atoms with Crippen LogP contribution in [0.25, 0.3) is 0 Å². The summed E-state index contributed by atoms with van der Waals surface area (Å²) in [6.07, 6.45) is 1.05. The van der Waals surface area contributed by atoms with Crippen molar-refractivity contribution in [2.75, 3.05) is 22.5 Å². The van der Waals surface area contributed by atoms with Crippen molar-refractivity contribution in [3.8, 4) is 17.2 Å². The Morgan fingerprint density at radius 3 is 2.29 bits per heavy atom. The Kier molecular flexibility index (Phi) is 8.50. The summed E-state index contributed by atoms with van der Waals surface area (Å²) in [6, 6.07) is 26.1. The third kappa shape index (κ3) is 7.24. The average Bonchev–Trinajstić information content (AvgIpc) is 2.89. The molecule has 4 rings (SSSR count). The number of nitrogens with one attached hydrogen (secondary N) is 1. The van der Waals surface area contributed by atoms with Crippen LogP contribution in [0.2, 0.25) is 5.02 Å². The molecule has 0 saturated carbocycles. The molecule has 0 aromatic heterocycles. The first-order valence-electron chi connectivity index (χ1n) is 11.5. The third-order valence-electron chi connectivity index (χ3n) is 5.35. The highest BCUT2D eigenvalue weighted by Crippen LogP contribution is 2.32. The standard InChI is InChI=1S/C28H24ClFN2O5S/c1-38(34,35)32(18-20-7-5-6-10-25(20)30)22-12-14-23(15-13-22)36-19-28(33)31-26-17-21(29)11-16-27(26)37-24-8-3-2-4-9-24/h2-17H,18-19H2,1H3,(H,31,33). The first-order chi connectivity index (χ1) is 18.2. The fraction of sp³-hybridized carbons (Fsp3) is 0.107. The molecular weight excluding hydrogens is 531 g/mol. The summed E-state index contributed by atoms with van der Waals surface area (Å²) in [5.74, 6) is 0.402. The fourth-order valence-corrected chi connectivity index (χ4v) is 4.58. The van der Waals surface area contributed by atoms with Crippen LogP contribution in [0, 0.1) is 5.82 Å². The van der Waals surface area contributed by atoms with Crippen molar-refractivity contribution < 1.29 is 27.1 Å². The zero-order chi connectivity index (χ0) is 27.1. The zero-order valence-electron chi connectivity index (χ0n) is 20.3. The molecule has 0 aliphatic rings. The van der Waals surface area contributed by atoms with Crippen LogP contribution in [0.3, 0.4) is 0 Å². The number of amides is 1. The van der Waals surface area contributed by atoms with Crippen molar-refractivity contribution in [3.05, 3.63) is 113 Å². The van der Waals surface area contributed by atoms with Crippen LogP contribution in [-0.4, -0.2) is 27.2 Å². The molecule has 4 aromatic carbocycles. The molecule has 0 bridgehead atoms. The Hall–Kier alpha value is -4.08. The number of ether oxygens (including phenoxy) is 2. The van der Waals surface area contributed by atoms with Crippen molar-refractivity contribution >= 4 is 38.9 Å². The molecule has 0 aliphatic carbocycles. The van der Waals surface area contributed by atoms with Gasteiger partial charge in [-0.3, -0.25) is 9.10 Å². The number of nitrogens with zero attached hydrogens (tertiary/aromatic N) is 1. The first-order valence-corrected chi connectivity index (χ1v) is 13.7. The van der Waals surface area contributed by atoms with Crippen molar-refractivity contribution in [2.24, 2.45) is 0 Å². The second kappa shape index (κ2) is 12.0. The molecule has 196 valence electrons. The Labute approximate surface area is 225 Å². The van der Waals surface area contributed by atoms with Crippen molar-refractivity contribution in [3.63, 3.8) is 0 Å². The summed E-state index contributed by atoms with van der Waals surface area (Å²) < 4.78 is 51.4.